The Hall–Kier alpha value is 0.138. The average molecular weight is 366 g/mol. The Balaban J connectivity index is 0. The van der Waals surface area contributed by atoms with Crippen LogP contribution < -0.4 is 5.32 Å². The first-order valence-corrected chi connectivity index (χ1v) is 7.81. The summed E-state index contributed by atoms with van der Waals surface area (Å²) in [5.41, 5.74) is 0. The molecule has 0 aromatic carbocycles. The Kier molecular flexibility index (Phi) is 12.9. The third-order valence-electron chi connectivity index (χ3n) is 1.74. The summed E-state index contributed by atoms with van der Waals surface area (Å²) in [5, 5.41) is 47.5. The first-order valence-electron chi connectivity index (χ1n) is 4.58. The van der Waals surface area contributed by atoms with Crippen molar-refractivity contribution >= 4 is 20.6 Å². The van der Waals surface area contributed by atoms with Crippen molar-refractivity contribution in [2.24, 2.45) is 0 Å². The number of hydrogen-bond acceptors (Lipinski definition) is 8. The van der Waals surface area contributed by atoms with E-state index in [0.717, 1.165) is 0 Å². The van der Waals surface area contributed by atoms with Gasteiger partial charge in [0.05, 0.1) is 12.7 Å². The van der Waals surface area contributed by atoms with Crippen molar-refractivity contribution in [3.63, 3.8) is 0 Å². The number of likely N-dealkylation sites (N-methyl/N-ethyl adjacent to an activating group) is 1. The van der Waals surface area contributed by atoms with Crippen LogP contribution in [-0.2, 0) is 6.03 Å². The van der Waals surface area contributed by atoms with Crippen molar-refractivity contribution in [1.82, 2.24) is 5.32 Å². The molecule has 0 amide bonds. The first-order chi connectivity index (χ1) is 7.77. The number of nitrogens with one attached hydrogen (secondary N) is 1. The van der Waals surface area contributed by atoms with Gasteiger partial charge in [-0.15, -0.1) is 0 Å². The second-order valence-electron chi connectivity index (χ2n) is 3.09. The molecule has 10 heteroatoms. The van der Waals surface area contributed by atoms with E-state index in [0.29, 0.717) is 0 Å². The van der Waals surface area contributed by atoms with Crippen LogP contribution in [0.25, 0.3) is 0 Å². The fourth-order valence-electron chi connectivity index (χ4n) is 0.893. The van der Waals surface area contributed by atoms with Gasteiger partial charge >= 0.3 is 30.0 Å². The summed E-state index contributed by atoms with van der Waals surface area (Å²) in [6.45, 7) is -0.569. The molecule has 0 heterocycles. The summed E-state index contributed by atoms with van der Waals surface area (Å²) in [7, 11) is 1.57. The van der Waals surface area contributed by atoms with Crippen LogP contribution in [0.5, 0.6) is 0 Å². The summed E-state index contributed by atoms with van der Waals surface area (Å²) in [6, 6.07) is 0. The Morgan fingerprint density at radius 2 is 1.41 bits per heavy atom. The van der Waals surface area contributed by atoms with Gasteiger partial charge in [-0.3, -0.25) is 0 Å². The molecule has 0 aromatic heterocycles. The number of aliphatic hydroxyl groups is 5. The summed E-state index contributed by atoms with van der Waals surface area (Å²) in [5.74, 6) is 0. The molecular formula is C7H18NO8Sb. The van der Waals surface area contributed by atoms with E-state index in [1.165, 1.54) is 0 Å². The van der Waals surface area contributed by atoms with Gasteiger partial charge in [0.15, 0.2) is 0 Å². The first kappa shape index (κ1) is 19.5. The van der Waals surface area contributed by atoms with Crippen LogP contribution in [-0.4, -0.2) is 94.1 Å². The predicted molar refractivity (Wildman–Crippen MR) is 54.4 cm³/mol. The van der Waals surface area contributed by atoms with Gasteiger partial charge in [0.25, 0.3) is 0 Å². The van der Waals surface area contributed by atoms with E-state index in [4.69, 9.17) is 29.8 Å². The Labute approximate surface area is 106 Å². The van der Waals surface area contributed by atoms with Crippen molar-refractivity contribution in [3.05, 3.63) is 0 Å². The van der Waals surface area contributed by atoms with Crippen molar-refractivity contribution < 1.29 is 35.0 Å². The monoisotopic (exact) mass is 365 g/mol. The maximum absolute atomic E-state index is 9.21. The molecule has 0 aliphatic carbocycles. The van der Waals surface area contributed by atoms with Gasteiger partial charge in [0, 0.05) is 6.54 Å². The van der Waals surface area contributed by atoms with Gasteiger partial charge in [0.1, 0.15) is 18.3 Å². The number of hydrogen-bond donors (Lipinski definition) is 7. The Morgan fingerprint density at radius 1 is 1.06 bits per heavy atom. The molecule has 0 aliphatic rings. The van der Waals surface area contributed by atoms with Crippen molar-refractivity contribution in [2.45, 2.75) is 24.4 Å². The summed E-state index contributed by atoms with van der Waals surface area (Å²) >= 11 is -3.95. The number of aliphatic hydroxyl groups excluding tert-OH is 5. The molecule has 0 radical (unpaired) electrons. The topological polar surface area (TPSA) is 168 Å². The number of rotatable bonds is 6. The molecule has 4 unspecified atom stereocenters. The molecule has 104 valence electrons. The average Bonchev–Trinajstić information content (AvgIpc) is 2.25. The second-order valence-corrected chi connectivity index (χ2v) is 4.45. The van der Waals surface area contributed by atoms with Crippen molar-refractivity contribution in [2.75, 3.05) is 20.2 Å². The zero-order valence-electron chi connectivity index (χ0n) is 9.17. The van der Waals surface area contributed by atoms with Gasteiger partial charge in [-0.25, -0.2) is 0 Å². The maximum atomic E-state index is 9.21. The molecule has 7 N–H and O–H groups in total. The Bertz CT molecular complexity index is 240. The summed E-state index contributed by atoms with van der Waals surface area (Å²) < 4.78 is 24.6. The molecule has 0 bridgehead atoms. The van der Waals surface area contributed by atoms with Crippen LogP contribution >= 0.6 is 0 Å². The quantitative estimate of drug-likeness (QED) is 0.229. The minimum atomic E-state index is -3.95. The molecule has 4 atom stereocenters. The van der Waals surface area contributed by atoms with E-state index in [2.05, 4.69) is 5.32 Å². The van der Waals surface area contributed by atoms with Crippen LogP contribution in [0, 0.1) is 0 Å². The van der Waals surface area contributed by atoms with E-state index in [-0.39, 0.29) is 6.54 Å². The molecule has 0 saturated heterocycles. The Morgan fingerprint density at radius 3 is 1.71 bits per heavy atom. The fraction of sp³-hybridized carbons (Fsp3) is 1.00. The zero-order valence-corrected chi connectivity index (χ0v) is 11.7. The zero-order chi connectivity index (χ0) is 14.0. The van der Waals surface area contributed by atoms with Crippen LogP contribution in [0.1, 0.15) is 0 Å². The van der Waals surface area contributed by atoms with Crippen LogP contribution in [0.15, 0.2) is 0 Å². The van der Waals surface area contributed by atoms with Crippen LogP contribution in [0.3, 0.4) is 0 Å². The van der Waals surface area contributed by atoms with Crippen LogP contribution in [0.4, 0.5) is 0 Å². The molecule has 0 aliphatic heterocycles. The minimum absolute atomic E-state index is 0.0936. The van der Waals surface area contributed by atoms with Gasteiger partial charge < -0.3 is 30.8 Å². The van der Waals surface area contributed by atoms with E-state index < -0.39 is 51.6 Å². The molecule has 0 aromatic rings. The van der Waals surface area contributed by atoms with Crippen molar-refractivity contribution in [1.29, 1.82) is 0 Å². The standard InChI is InChI=1S/C7H17NO5.H2O.2O.Sb/c1-8-2-4(10)6(12)7(13)5(11)3-9;;;;/h4-13H,2-3H2,1H3;1H2;;;/q;;;;+1/p-1. The summed E-state index contributed by atoms with van der Waals surface area (Å²) in [6.07, 6.45) is -5.65. The molecular weight excluding hydrogens is 348 g/mol. The van der Waals surface area contributed by atoms with E-state index in [9.17, 15) is 5.11 Å². The van der Waals surface area contributed by atoms with E-state index >= 15 is 0 Å². The van der Waals surface area contributed by atoms with Crippen molar-refractivity contribution in [3.8, 4) is 0 Å². The third kappa shape index (κ3) is 11.0. The SMILES string of the molecule is CNCC(O)C(O)C(O)C(O)CO.[O]=[Sb](=[O])[OH]. The van der Waals surface area contributed by atoms with Crippen LogP contribution in [0.2, 0.25) is 0 Å². The second kappa shape index (κ2) is 11.2. The molecule has 17 heavy (non-hydrogen) atoms. The fourth-order valence-corrected chi connectivity index (χ4v) is 0.893. The van der Waals surface area contributed by atoms with Gasteiger partial charge in [0.2, 0.25) is 0 Å². The molecule has 0 fully saturated rings. The van der Waals surface area contributed by atoms with E-state index in [1.807, 2.05) is 0 Å². The van der Waals surface area contributed by atoms with Gasteiger partial charge in [-0.2, -0.15) is 0 Å². The molecule has 0 spiro atoms. The third-order valence-corrected chi connectivity index (χ3v) is 1.74. The van der Waals surface area contributed by atoms with E-state index in [1.54, 1.807) is 7.05 Å². The molecule has 0 rings (SSSR count). The van der Waals surface area contributed by atoms with Gasteiger partial charge in [-0.05, 0) is 7.05 Å². The molecule has 0 saturated carbocycles. The predicted octanol–water partition coefficient (Wildman–Crippen LogP) is -4.53. The molecule has 9 nitrogen and oxygen atoms in total. The normalized spacial score (nSPS) is 17.4. The summed E-state index contributed by atoms with van der Waals surface area (Å²) in [4.78, 5) is 0. The van der Waals surface area contributed by atoms with Gasteiger partial charge in [-0.1, -0.05) is 0 Å².